The number of nitrogens with one attached hydrogen (secondary N) is 1. The zero-order valence-electron chi connectivity index (χ0n) is 17.2. The monoisotopic (exact) mass is 451 g/mol. The molecule has 0 bridgehead atoms. The van der Waals surface area contributed by atoms with Crippen LogP contribution in [-0.2, 0) is 26.2 Å². The minimum atomic E-state index is -3.77. The fraction of sp³-hybridized carbons (Fsp3) is 0.333. The molecule has 0 unspecified atom stereocenters. The summed E-state index contributed by atoms with van der Waals surface area (Å²) in [5.74, 6) is -0.807. The molecule has 9 heteroatoms. The summed E-state index contributed by atoms with van der Waals surface area (Å²) in [6.07, 6.45) is 1.02. The molecule has 30 heavy (non-hydrogen) atoms. The molecule has 0 saturated carbocycles. The van der Waals surface area contributed by atoms with Crippen LogP contribution in [0.4, 0.5) is 5.69 Å². The van der Waals surface area contributed by atoms with E-state index in [0.29, 0.717) is 11.6 Å². The number of sulfonamides is 1. The molecule has 2 rings (SSSR count). The van der Waals surface area contributed by atoms with Crippen LogP contribution in [0.1, 0.15) is 19.4 Å². The molecule has 0 aliphatic heterocycles. The van der Waals surface area contributed by atoms with Crippen molar-refractivity contribution in [3.05, 3.63) is 65.2 Å². The second-order valence-electron chi connectivity index (χ2n) is 6.83. The molecular weight excluding hydrogens is 426 g/mol. The highest BCUT2D eigenvalue weighted by molar-refractivity contribution is 7.92. The van der Waals surface area contributed by atoms with Gasteiger partial charge in [-0.1, -0.05) is 48.0 Å². The molecule has 7 nitrogen and oxygen atoms in total. The van der Waals surface area contributed by atoms with Crippen molar-refractivity contribution < 1.29 is 18.0 Å². The zero-order chi connectivity index (χ0) is 22.3. The Morgan fingerprint density at radius 1 is 1.10 bits per heavy atom. The van der Waals surface area contributed by atoms with E-state index in [1.807, 2.05) is 30.3 Å². The van der Waals surface area contributed by atoms with Crippen LogP contribution >= 0.6 is 11.6 Å². The Morgan fingerprint density at radius 2 is 1.77 bits per heavy atom. The van der Waals surface area contributed by atoms with E-state index in [1.54, 1.807) is 32.0 Å². The highest BCUT2D eigenvalue weighted by Crippen LogP contribution is 2.22. The van der Waals surface area contributed by atoms with Crippen molar-refractivity contribution in [2.45, 2.75) is 26.4 Å². The summed E-state index contributed by atoms with van der Waals surface area (Å²) in [5.41, 5.74) is 1.11. The van der Waals surface area contributed by atoms with Crippen molar-refractivity contribution in [3.63, 3.8) is 0 Å². The van der Waals surface area contributed by atoms with E-state index in [9.17, 15) is 18.0 Å². The topological polar surface area (TPSA) is 86.8 Å². The molecule has 0 saturated heterocycles. The van der Waals surface area contributed by atoms with Crippen molar-refractivity contribution in [1.29, 1.82) is 0 Å². The van der Waals surface area contributed by atoms with Crippen molar-refractivity contribution in [3.8, 4) is 0 Å². The van der Waals surface area contributed by atoms with Gasteiger partial charge in [-0.2, -0.15) is 0 Å². The number of hydrogen-bond donors (Lipinski definition) is 1. The fourth-order valence-corrected chi connectivity index (χ4v) is 3.96. The molecule has 2 aromatic rings. The number of rotatable bonds is 9. The third-order valence-corrected chi connectivity index (χ3v) is 5.87. The smallest absolute Gasteiger partial charge is 0.244 e. The molecule has 2 amide bonds. The predicted octanol–water partition coefficient (Wildman–Crippen LogP) is 2.66. The minimum Gasteiger partial charge on any atom is -0.355 e. The maximum absolute atomic E-state index is 13.2. The Morgan fingerprint density at radius 3 is 2.33 bits per heavy atom. The standard InChI is InChI=1S/C21H26ClN3O4S/c1-4-23-21(27)16(2)24(14-17-9-6-5-7-10-17)20(26)15-25(30(3,28)29)19-12-8-11-18(22)13-19/h5-13,16H,4,14-15H2,1-3H3,(H,23,27)/t16-/m1/s1. The Balaban J connectivity index is 2.35. The second kappa shape index (κ2) is 10.4. The maximum Gasteiger partial charge on any atom is 0.244 e. The van der Waals surface area contributed by atoms with Gasteiger partial charge in [-0.25, -0.2) is 8.42 Å². The quantitative estimate of drug-likeness (QED) is 0.635. The molecule has 0 aliphatic rings. The Hall–Kier alpha value is -2.58. The number of likely N-dealkylation sites (N-methyl/N-ethyl adjacent to an activating group) is 1. The molecule has 0 heterocycles. The summed E-state index contributed by atoms with van der Waals surface area (Å²) in [4.78, 5) is 27.0. The lowest BCUT2D eigenvalue weighted by Gasteiger charge is -2.31. The first-order valence-electron chi connectivity index (χ1n) is 9.48. The second-order valence-corrected chi connectivity index (χ2v) is 9.17. The Labute approximate surface area is 182 Å². The molecule has 0 radical (unpaired) electrons. The van der Waals surface area contributed by atoms with Crippen LogP contribution in [-0.4, -0.2) is 50.5 Å². The molecule has 0 aliphatic carbocycles. The van der Waals surface area contributed by atoms with E-state index < -0.39 is 28.5 Å². The van der Waals surface area contributed by atoms with E-state index >= 15 is 0 Å². The SMILES string of the molecule is CCNC(=O)[C@@H](C)N(Cc1ccccc1)C(=O)CN(c1cccc(Cl)c1)S(C)(=O)=O. The molecule has 0 fully saturated rings. The number of hydrogen-bond acceptors (Lipinski definition) is 4. The lowest BCUT2D eigenvalue weighted by molar-refractivity contribution is -0.139. The molecule has 2 aromatic carbocycles. The van der Waals surface area contributed by atoms with E-state index in [0.717, 1.165) is 16.1 Å². The van der Waals surface area contributed by atoms with Crippen LogP contribution in [0, 0.1) is 0 Å². The maximum atomic E-state index is 13.2. The average molecular weight is 452 g/mol. The van der Waals surface area contributed by atoms with E-state index in [1.165, 1.54) is 11.0 Å². The molecule has 0 spiro atoms. The summed E-state index contributed by atoms with van der Waals surface area (Å²) in [7, 11) is -3.77. The number of nitrogens with zero attached hydrogens (tertiary/aromatic N) is 2. The van der Waals surface area contributed by atoms with Gasteiger partial charge in [0.05, 0.1) is 11.9 Å². The highest BCUT2D eigenvalue weighted by atomic mass is 35.5. The van der Waals surface area contributed by atoms with E-state index in [2.05, 4.69) is 5.32 Å². The van der Waals surface area contributed by atoms with Gasteiger partial charge in [-0.3, -0.25) is 13.9 Å². The summed E-state index contributed by atoms with van der Waals surface area (Å²) in [6.45, 7) is 3.56. The molecule has 0 aromatic heterocycles. The third-order valence-electron chi connectivity index (χ3n) is 4.49. The normalized spacial score (nSPS) is 12.1. The zero-order valence-corrected chi connectivity index (χ0v) is 18.8. The van der Waals surface area contributed by atoms with Gasteiger partial charge in [0.15, 0.2) is 0 Å². The molecule has 162 valence electrons. The van der Waals surface area contributed by atoms with Crippen LogP contribution in [0.2, 0.25) is 5.02 Å². The lowest BCUT2D eigenvalue weighted by Crippen LogP contribution is -2.51. The summed E-state index contributed by atoms with van der Waals surface area (Å²) in [6, 6.07) is 14.7. The van der Waals surface area contributed by atoms with Crippen molar-refractivity contribution in [1.82, 2.24) is 10.2 Å². The van der Waals surface area contributed by atoms with Crippen LogP contribution in [0.5, 0.6) is 0 Å². The van der Waals surface area contributed by atoms with E-state index in [-0.39, 0.29) is 18.1 Å². The summed E-state index contributed by atoms with van der Waals surface area (Å²) < 4.78 is 25.8. The lowest BCUT2D eigenvalue weighted by atomic mass is 10.1. The first-order chi connectivity index (χ1) is 14.1. The van der Waals surface area contributed by atoms with Crippen LogP contribution < -0.4 is 9.62 Å². The van der Waals surface area contributed by atoms with Crippen LogP contribution in [0.3, 0.4) is 0 Å². The fourth-order valence-electron chi connectivity index (χ4n) is 2.93. The summed E-state index contributed by atoms with van der Waals surface area (Å²) in [5, 5.41) is 3.06. The molecule has 1 atom stereocenters. The largest absolute Gasteiger partial charge is 0.355 e. The number of halogens is 1. The predicted molar refractivity (Wildman–Crippen MR) is 119 cm³/mol. The Bertz CT molecular complexity index is 983. The number of anilines is 1. The Kier molecular flexibility index (Phi) is 8.25. The van der Waals surface area contributed by atoms with Gasteiger partial charge in [0.25, 0.3) is 0 Å². The van der Waals surface area contributed by atoms with Gasteiger partial charge in [-0.15, -0.1) is 0 Å². The van der Waals surface area contributed by atoms with Gasteiger partial charge in [-0.05, 0) is 37.6 Å². The van der Waals surface area contributed by atoms with Gasteiger partial charge >= 0.3 is 0 Å². The highest BCUT2D eigenvalue weighted by Gasteiger charge is 2.29. The van der Waals surface area contributed by atoms with Crippen molar-refractivity contribution in [2.75, 3.05) is 23.7 Å². The van der Waals surface area contributed by atoms with Crippen LogP contribution in [0.25, 0.3) is 0 Å². The molecular formula is C21H26ClN3O4S. The first kappa shape index (κ1) is 23.7. The summed E-state index contributed by atoms with van der Waals surface area (Å²) >= 11 is 6.00. The first-order valence-corrected chi connectivity index (χ1v) is 11.7. The number of amides is 2. The van der Waals surface area contributed by atoms with Crippen molar-refractivity contribution >= 4 is 39.1 Å². The number of carbonyl (C=O) groups excluding carboxylic acids is 2. The van der Waals surface area contributed by atoms with Crippen LogP contribution in [0.15, 0.2) is 54.6 Å². The molecule has 1 N–H and O–H groups in total. The number of carbonyl (C=O) groups is 2. The van der Waals surface area contributed by atoms with Gasteiger partial charge in [0, 0.05) is 18.1 Å². The van der Waals surface area contributed by atoms with Crippen molar-refractivity contribution in [2.24, 2.45) is 0 Å². The number of benzene rings is 2. The van der Waals surface area contributed by atoms with Gasteiger partial charge in [0.2, 0.25) is 21.8 Å². The van der Waals surface area contributed by atoms with E-state index in [4.69, 9.17) is 11.6 Å². The third kappa shape index (κ3) is 6.47. The average Bonchev–Trinajstić information content (AvgIpc) is 2.69. The van der Waals surface area contributed by atoms with Gasteiger partial charge < -0.3 is 10.2 Å². The van der Waals surface area contributed by atoms with Gasteiger partial charge in [0.1, 0.15) is 12.6 Å². The minimum absolute atomic E-state index is 0.172.